The van der Waals surface area contributed by atoms with Crippen LogP contribution >= 0.6 is 39.7 Å². The van der Waals surface area contributed by atoms with Gasteiger partial charge in [0, 0.05) is 52.0 Å². The van der Waals surface area contributed by atoms with Crippen LogP contribution in [0.25, 0.3) is 0 Å². The van der Waals surface area contributed by atoms with Crippen LogP contribution in [0.5, 0.6) is 0 Å². The Morgan fingerprint density at radius 1 is 1.25 bits per heavy atom. The summed E-state index contributed by atoms with van der Waals surface area (Å²) in [6.07, 6.45) is 14.8. The zero-order valence-corrected chi connectivity index (χ0v) is 23.3. The van der Waals surface area contributed by atoms with Crippen LogP contribution in [0.15, 0.2) is 35.8 Å². The van der Waals surface area contributed by atoms with Crippen LogP contribution in [0.4, 0.5) is 0 Å². The predicted molar refractivity (Wildman–Crippen MR) is 141 cm³/mol. The Labute approximate surface area is 203 Å². The Hall–Kier alpha value is -0.180. The second-order valence-electron chi connectivity index (χ2n) is 8.10. The van der Waals surface area contributed by atoms with Crippen molar-refractivity contribution < 1.29 is 23.1 Å². The van der Waals surface area contributed by atoms with Crippen LogP contribution < -0.4 is 0 Å². The summed E-state index contributed by atoms with van der Waals surface area (Å²) in [5.41, 5.74) is 1.40. The third-order valence-corrected chi connectivity index (χ3v) is 8.09. The van der Waals surface area contributed by atoms with Crippen LogP contribution in [-0.2, 0) is 29.5 Å². The van der Waals surface area contributed by atoms with E-state index in [1.807, 2.05) is 0 Å². The average molecular weight is 519 g/mol. The topological polar surface area (TPSA) is 54.0 Å². The number of allylic oxidation sites excluding steroid dienone is 2. The molecule has 1 aromatic rings. The van der Waals surface area contributed by atoms with E-state index in [9.17, 15) is 4.79 Å². The highest BCUT2D eigenvalue weighted by Gasteiger charge is 2.42. The van der Waals surface area contributed by atoms with Gasteiger partial charge in [0.05, 0.1) is 25.4 Å². The highest BCUT2D eigenvalue weighted by molar-refractivity contribution is 7.10. The summed E-state index contributed by atoms with van der Waals surface area (Å²) in [5, 5.41) is 2.15. The molecular weight excluding hydrogens is 481 g/mol. The third kappa shape index (κ3) is 8.88. The highest BCUT2D eigenvalue weighted by atomic mass is 32.1. The highest BCUT2D eigenvalue weighted by Crippen LogP contribution is 2.41. The number of unbranched alkanes of at least 4 members (excludes halogenated alkanes) is 1. The Morgan fingerprint density at radius 3 is 2.66 bits per heavy atom. The first-order chi connectivity index (χ1) is 15.5. The lowest BCUT2D eigenvalue weighted by atomic mass is 9.89. The van der Waals surface area contributed by atoms with E-state index in [1.165, 1.54) is 17.6 Å². The lowest BCUT2D eigenvalue weighted by Crippen LogP contribution is -2.21. The molecule has 0 amide bonds. The number of thiophene rings is 1. The first kappa shape index (κ1) is 28.1. The number of rotatable bonds is 14. The van der Waals surface area contributed by atoms with Gasteiger partial charge in [-0.2, -0.15) is 0 Å². The molecule has 5 nitrogen and oxygen atoms in total. The van der Waals surface area contributed by atoms with Crippen molar-refractivity contribution in [3.05, 3.63) is 46.2 Å². The monoisotopic (exact) mass is 518 g/mol. The van der Waals surface area contributed by atoms with Gasteiger partial charge in [-0.25, -0.2) is 0 Å². The third-order valence-electron chi connectivity index (χ3n) is 6.16. The number of carbonyl (C=O) groups is 1. The molecule has 0 aliphatic heterocycles. The molecule has 8 atom stereocenters. The minimum Gasteiger partial charge on any atom is -0.469 e. The zero-order valence-electron chi connectivity index (χ0n) is 19.0. The minimum atomic E-state index is -0.156. The van der Waals surface area contributed by atoms with Crippen molar-refractivity contribution in [3.8, 4) is 0 Å². The minimum absolute atomic E-state index is 0.0370. The molecule has 0 saturated heterocycles. The van der Waals surface area contributed by atoms with Crippen molar-refractivity contribution in [2.45, 2.75) is 70.2 Å². The van der Waals surface area contributed by atoms with Crippen molar-refractivity contribution in [3.63, 3.8) is 0 Å². The maximum Gasteiger partial charge on any atom is 0.305 e. The summed E-state index contributed by atoms with van der Waals surface area (Å²) in [4.78, 5) is 12.6. The van der Waals surface area contributed by atoms with Crippen LogP contribution in [-0.4, -0.2) is 31.4 Å². The van der Waals surface area contributed by atoms with Crippen LogP contribution in [0.2, 0.25) is 0 Å². The molecule has 1 saturated carbocycles. The van der Waals surface area contributed by atoms with E-state index in [1.54, 1.807) is 11.3 Å². The van der Waals surface area contributed by atoms with Gasteiger partial charge in [-0.1, -0.05) is 24.3 Å². The Bertz CT molecular complexity index is 739. The summed E-state index contributed by atoms with van der Waals surface area (Å²) in [5.74, 6) is 0.398. The first-order valence-corrected chi connectivity index (χ1v) is 13.3. The number of hydrogen-bond acceptors (Lipinski definition) is 6. The van der Waals surface area contributed by atoms with Gasteiger partial charge in [0.2, 0.25) is 0 Å². The Morgan fingerprint density at radius 2 is 2.03 bits per heavy atom. The van der Waals surface area contributed by atoms with Gasteiger partial charge in [0.15, 0.2) is 0 Å². The average Bonchev–Trinajstić information content (AvgIpc) is 3.38. The molecule has 2 rings (SSSR count). The van der Waals surface area contributed by atoms with Crippen molar-refractivity contribution in [1.29, 1.82) is 0 Å². The zero-order chi connectivity index (χ0) is 23.3. The molecule has 180 valence electrons. The maximum atomic E-state index is 11.2. The molecule has 1 aliphatic rings. The predicted octanol–water partition coefficient (Wildman–Crippen LogP) is 6.00. The summed E-state index contributed by atoms with van der Waals surface area (Å²) in [6.45, 7) is 2.17. The fraction of sp³-hybridized carbons (Fsp3) is 0.609. The Kier molecular flexibility index (Phi) is 13.7. The molecule has 0 N–H and O–H groups in total. The fourth-order valence-corrected chi connectivity index (χ4v) is 5.82. The molecule has 9 heteroatoms. The standard InChI is InChI=1S/C23H37O5P3S/c1-16-17(13-14-32-16)9-10-18(26-29)11-12-20-19(21(27-30)15-22(20)28-31)7-5-3-4-6-8-23(24)25-2/h3,5,11-14,18-22H,4,6-10,15,29-31H2,1-2H3/b5-3+,12-11+. The molecule has 8 unspecified atom stereocenters. The number of aryl methyl sites for hydroxylation is 2. The molecule has 1 aliphatic carbocycles. The Balaban J connectivity index is 1.95. The smallest absolute Gasteiger partial charge is 0.305 e. The van der Waals surface area contributed by atoms with Gasteiger partial charge in [-0.15, -0.1) is 11.3 Å². The molecule has 0 bridgehead atoms. The van der Waals surface area contributed by atoms with E-state index >= 15 is 0 Å². The normalized spacial score (nSPS) is 24.5. The van der Waals surface area contributed by atoms with Crippen molar-refractivity contribution in [2.75, 3.05) is 7.11 Å². The van der Waals surface area contributed by atoms with Crippen molar-refractivity contribution in [2.24, 2.45) is 11.8 Å². The summed E-state index contributed by atoms with van der Waals surface area (Å²) < 4.78 is 21.8. The lowest BCUT2D eigenvalue weighted by molar-refractivity contribution is -0.140. The summed E-state index contributed by atoms with van der Waals surface area (Å²) >= 11 is 1.79. The van der Waals surface area contributed by atoms with Gasteiger partial charge < -0.3 is 18.3 Å². The molecule has 1 heterocycles. The van der Waals surface area contributed by atoms with E-state index < -0.39 is 0 Å². The number of hydrogen-bond donors (Lipinski definition) is 0. The molecule has 32 heavy (non-hydrogen) atoms. The maximum absolute atomic E-state index is 11.2. The first-order valence-electron chi connectivity index (χ1n) is 11.0. The fourth-order valence-electron chi connectivity index (χ4n) is 4.23. The van der Waals surface area contributed by atoms with E-state index in [2.05, 4.69) is 75.8 Å². The van der Waals surface area contributed by atoms with Crippen molar-refractivity contribution >= 4 is 45.7 Å². The van der Waals surface area contributed by atoms with Crippen LogP contribution in [0.1, 0.15) is 49.0 Å². The van der Waals surface area contributed by atoms with E-state index in [4.69, 9.17) is 13.6 Å². The summed E-state index contributed by atoms with van der Waals surface area (Å²) in [7, 11) is 8.67. The second-order valence-corrected chi connectivity index (χ2v) is 10.0. The SMILES string of the molecule is COC(=O)CCC/C=C/CC1C(OP)CC(OP)C1/C=C/C(CCc1ccsc1C)OP. The molecule has 0 aromatic carbocycles. The summed E-state index contributed by atoms with van der Waals surface area (Å²) in [6, 6.07) is 2.20. The van der Waals surface area contributed by atoms with E-state index in [0.717, 1.165) is 38.5 Å². The number of carbonyl (C=O) groups excluding carboxylic acids is 1. The second kappa shape index (κ2) is 15.7. The quantitative estimate of drug-likeness (QED) is 0.131. The van der Waals surface area contributed by atoms with E-state index in [0.29, 0.717) is 12.3 Å². The van der Waals surface area contributed by atoms with Gasteiger partial charge in [0.25, 0.3) is 0 Å². The van der Waals surface area contributed by atoms with Crippen LogP contribution in [0.3, 0.4) is 0 Å². The molecule has 1 fully saturated rings. The van der Waals surface area contributed by atoms with Crippen molar-refractivity contribution in [1.82, 2.24) is 0 Å². The molecular formula is C23H37O5P3S. The largest absolute Gasteiger partial charge is 0.469 e. The number of methoxy groups -OCH3 is 1. The van der Waals surface area contributed by atoms with Gasteiger partial charge in [-0.05, 0) is 62.0 Å². The van der Waals surface area contributed by atoms with Crippen LogP contribution in [0, 0.1) is 18.8 Å². The number of ether oxygens (including phenoxy) is 1. The van der Waals surface area contributed by atoms with Gasteiger partial charge >= 0.3 is 5.97 Å². The van der Waals surface area contributed by atoms with Gasteiger partial charge in [0.1, 0.15) is 0 Å². The number of esters is 1. The lowest BCUT2D eigenvalue weighted by Gasteiger charge is -2.22. The van der Waals surface area contributed by atoms with Gasteiger partial charge in [-0.3, -0.25) is 4.79 Å². The molecule has 0 spiro atoms. The molecule has 1 aromatic heterocycles. The van der Waals surface area contributed by atoms with E-state index in [-0.39, 0.29) is 30.2 Å². The molecule has 0 radical (unpaired) electrons.